The Labute approximate surface area is 155 Å². The van der Waals surface area contributed by atoms with Crippen molar-refractivity contribution in [2.45, 2.75) is 26.4 Å². The summed E-state index contributed by atoms with van der Waals surface area (Å²) in [6.07, 6.45) is -0.332. The average molecular weight is 451 g/mol. The summed E-state index contributed by atoms with van der Waals surface area (Å²) >= 11 is 8.11. The van der Waals surface area contributed by atoms with Crippen LogP contribution < -0.4 is 0 Å². The van der Waals surface area contributed by atoms with Gasteiger partial charge < -0.3 is 14.5 Å². The summed E-state index contributed by atoms with van der Waals surface area (Å²) in [7, 11) is 0. The summed E-state index contributed by atoms with van der Waals surface area (Å²) in [4.78, 5) is 28.0. The number of amides is 2. The van der Waals surface area contributed by atoms with Crippen molar-refractivity contribution in [2.24, 2.45) is 0 Å². The van der Waals surface area contributed by atoms with Crippen molar-refractivity contribution in [1.82, 2.24) is 9.80 Å². The molecule has 0 saturated carbocycles. The molecule has 1 aromatic rings. The molecule has 0 unspecified atom stereocenters. The average Bonchev–Trinajstić information content (AvgIpc) is 2.47. The predicted molar refractivity (Wildman–Crippen MR) is 97.9 cm³/mol. The van der Waals surface area contributed by atoms with Crippen LogP contribution in [0.2, 0.25) is 5.02 Å². The first-order valence-corrected chi connectivity index (χ1v) is 8.85. The molecule has 7 heteroatoms. The number of rotatable bonds is 1. The lowest BCUT2D eigenvalue weighted by atomic mass is 10.2. The van der Waals surface area contributed by atoms with Crippen LogP contribution in [0.25, 0.3) is 0 Å². The highest BCUT2D eigenvalue weighted by molar-refractivity contribution is 14.1. The normalized spacial score (nSPS) is 15.5. The van der Waals surface area contributed by atoms with E-state index in [-0.39, 0.29) is 12.0 Å². The van der Waals surface area contributed by atoms with Crippen molar-refractivity contribution in [3.63, 3.8) is 0 Å². The number of hydrogen-bond acceptors (Lipinski definition) is 3. The fourth-order valence-corrected chi connectivity index (χ4v) is 2.99. The maximum absolute atomic E-state index is 12.6. The molecule has 0 aliphatic carbocycles. The lowest BCUT2D eigenvalue weighted by Gasteiger charge is -2.35. The van der Waals surface area contributed by atoms with E-state index in [0.717, 1.165) is 3.57 Å². The molecule has 0 N–H and O–H groups in total. The number of carbonyl (C=O) groups is 2. The van der Waals surface area contributed by atoms with Crippen LogP contribution >= 0.6 is 34.2 Å². The van der Waals surface area contributed by atoms with E-state index in [1.54, 1.807) is 21.9 Å². The van der Waals surface area contributed by atoms with Crippen LogP contribution in [0.3, 0.4) is 0 Å². The van der Waals surface area contributed by atoms with Gasteiger partial charge in [-0.3, -0.25) is 4.79 Å². The maximum atomic E-state index is 12.6. The lowest BCUT2D eigenvalue weighted by molar-refractivity contribution is 0.0141. The van der Waals surface area contributed by atoms with E-state index in [9.17, 15) is 9.59 Å². The summed E-state index contributed by atoms with van der Waals surface area (Å²) in [6.45, 7) is 7.43. The van der Waals surface area contributed by atoms with Crippen molar-refractivity contribution in [2.75, 3.05) is 26.2 Å². The lowest BCUT2D eigenvalue weighted by Crippen LogP contribution is -2.51. The van der Waals surface area contributed by atoms with Crippen molar-refractivity contribution in [3.05, 3.63) is 32.4 Å². The minimum absolute atomic E-state index is 0.0549. The molecule has 5 nitrogen and oxygen atoms in total. The van der Waals surface area contributed by atoms with Gasteiger partial charge in [0.1, 0.15) is 5.60 Å². The molecule has 0 bridgehead atoms. The fraction of sp³-hybridized carbons (Fsp3) is 0.500. The van der Waals surface area contributed by atoms with E-state index in [1.807, 2.05) is 26.8 Å². The van der Waals surface area contributed by atoms with Crippen molar-refractivity contribution >= 4 is 46.2 Å². The second kappa shape index (κ2) is 7.25. The Kier molecular flexibility index (Phi) is 5.78. The molecule has 23 heavy (non-hydrogen) atoms. The molecule has 0 aromatic heterocycles. The van der Waals surface area contributed by atoms with Crippen LogP contribution in [0.15, 0.2) is 18.2 Å². The van der Waals surface area contributed by atoms with Crippen LogP contribution in [0.4, 0.5) is 4.79 Å². The monoisotopic (exact) mass is 450 g/mol. The van der Waals surface area contributed by atoms with Gasteiger partial charge in [-0.05, 0) is 61.6 Å². The Morgan fingerprint density at radius 1 is 1.13 bits per heavy atom. The van der Waals surface area contributed by atoms with Gasteiger partial charge in [0.25, 0.3) is 5.91 Å². The highest BCUT2D eigenvalue weighted by Gasteiger charge is 2.28. The summed E-state index contributed by atoms with van der Waals surface area (Å²) in [6, 6.07) is 5.28. The van der Waals surface area contributed by atoms with Gasteiger partial charge in [-0.2, -0.15) is 0 Å². The Morgan fingerprint density at radius 2 is 1.70 bits per heavy atom. The number of carbonyl (C=O) groups excluding carboxylic acids is 2. The zero-order chi connectivity index (χ0) is 17.2. The minimum Gasteiger partial charge on any atom is -0.444 e. The molecule has 126 valence electrons. The smallest absolute Gasteiger partial charge is 0.410 e. The predicted octanol–water partition coefficient (Wildman–Crippen LogP) is 3.64. The van der Waals surface area contributed by atoms with E-state index < -0.39 is 5.60 Å². The van der Waals surface area contributed by atoms with E-state index in [4.69, 9.17) is 16.3 Å². The first-order valence-electron chi connectivity index (χ1n) is 7.39. The molecule has 1 aromatic carbocycles. The third-order valence-corrected chi connectivity index (χ3v) is 4.55. The first-order chi connectivity index (χ1) is 10.7. The van der Waals surface area contributed by atoms with Gasteiger partial charge in [-0.1, -0.05) is 11.6 Å². The Bertz CT molecular complexity index is 608. The summed E-state index contributed by atoms with van der Waals surface area (Å²) in [5.41, 5.74) is 0.0878. The quantitative estimate of drug-likeness (QED) is 0.614. The minimum atomic E-state index is -0.513. The van der Waals surface area contributed by atoms with E-state index in [0.29, 0.717) is 36.8 Å². The topological polar surface area (TPSA) is 49.9 Å². The van der Waals surface area contributed by atoms with Crippen LogP contribution in [0, 0.1) is 3.57 Å². The number of benzene rings is 1. The van der Waals surface area contributed by atoms with Crippen LogP contribution in [0.1, 0.15) is 31.1 Å². The molecule has 2 amide bonds. The van der Waals surface area contributed by atoms with Gasteiger partial charge in [0.15, 0.2) is 0 Å². The summed E-state index contributed by atoms with van der Waals surface area (Å²) in [5.74, 6) is -0.0549. The van der Waals surface area contributed by atoms with Gasteiger partial charge >= 0.3 is 6.09 Å². The molecule has 2 rings (SSSR count). The molecule has 0 radical (unpaired) electrons. The van der Waals surface area contributed by atoms with Gasteiger partial charge in [-0.25, -0.2) is 4.79 Å². The third kappa shape index (κ3) is 4.97. The molecule has 1 heterocycles. The van der Waals surface area contributed by atoms with Gasteiger partial charge in [0.05, 0.1) is 5.56 Å². The number of halogens is 2. The molecule has 1 aliphatic heterocycles. The van der Waals surface area contributed by atoms with Crippen molar-refractivity contribution in [3.8, 4) is 0 Å². The van der Waals surface area contributed by atoms with Gasteiger partial charge in [0.2, 0.25) is 0 Å². The number of hydrogen-bond donors (Lipinski definition) is 0. The number of ether oxygens (including phenoxy) is 1. The zero-order valence-electron chi connectivity index (χ0n) is 13.4. The molecule has 1 aliphatic rings. The van der Waals surface area contributed by atoms with Crippen LogP contribution in [0.5, 0.6) is 0 Å². The van der Waals surface area contributed by atoms with Crippen molar-refractivity contribution in [1.29, 1.82) is 0 Å². The summed E-state index contributed by atoms with van der Waals surface area (Å²) in [5, 5.41) is 0.543. The largest absolute Gasteiger partial charge is 0.444 e. The van der Waals surface area contributed by atoms with Crippen LogP contribution in [-0.2, 0) is 4.74 Å². The third-order valence-electron chi connectivity index (χ3n) is 3.38. The van der Waals surface area contributed by atoms with E-state index in [2.05, 4.69) is 22.6 Å². The maximum Gasteiger partial charge on any atom is 0.410 e. The fourth-order valence-electron chi connectivity index (χ4n) is 2.25. The van der Waals surface area contributed by atoms with Crippen LogP contribution in [-0.4, -0.2) is 53.6 Å². The second-order valence-corrected chi connectivity index (χ2v) is 7.98. The Morgan fingerprint density at radius 3 is 2.26 bits per heavy atom. The van der Waals surface area contributed by atoms with Gasteiger partial charge in [-0.15, -0.1) is 0 Å². The van der Waals surface area contributed by atoms with Gasteiger partial charge in [0, 0.05) is 34.8 Å². The molecule has 1 saturated heterocycles. The van der Waals surface area contributed by atoms with E-state index >= 15 is 0 Å². The molecular weight excluding hydrogens is 431 g/mol. The number of nitrogens with zero attached hydrogens (tertiary/aromatic N) is 2. The SMILES string of the molecule is CC(C)(C)OC(=O)N1CCN(C(=O)c2cc(Cl)ccc2I)CC1. The van der Waals surface area contributed by atoms with Crippen molar-refractivity contribution < 1.29 is 14.3 Å². The highest BCUT2D eigenvalue weighted by Crippen LogP contribution is 2.20. The summed E-state index contributed by atoms with van der Waals surface area (Å²) < 4.78 is 6.22. The standard InChI is InChI=1S/C16H20ClIN2O3/c1-16(2,3)23-15(22)20-8-6-19(7-9-20)14(21)12-10-11(17)4-5-13(12)18/h4-5,10H,6-9H2,1-3H3. The zero-order valence-corrected chi connectivity index (χ0v) is 16.3. The Balaban J connectivity index is 1.97. The second-order valence-electron chi connectivity index (χ2n) is 6.38. The number of piperazine rings is 1. The molecule has 0 atom stereocenters. The molecular formula is C16H20ClIN2O3. The first kappa shape index (κ1) is 18.3. The van der Waals surface area contributed by atoms with E-state index in [1.165, 1.54) is 0 Å². The highest BCUT2D eigenvalue weighted by atomic mass is 127. The Hall–Kier alpha value is -1.02. The molecule has 0 spiro atoms. The molecule has 1 fully saturated rings.